The van der Waals surface area contributed by atoms with Gasteiger partial charge in [0.2, 0.25) is 5.71 Å². The van der Waals surface area contributed by atoms with Crippen LogP contribution in [0, 0.1) is 10.1 Å². The quantitative estimate of drug-likeness (QED) is 0.0530. The average Bonchev–Trinajstić information content (AvgIpc) is 3.82. The van der Waals surface area contributed by atoms with Crippen LogP contribution in [0.5, 0.6) is 0 Å². The molecule has 0 saturated carbocycles. The first-order chi connectivity index (χ1) is 24.3. The fourth-order valence-corrected chi connectivity index (χ4v) is 6.39. The average molecular weight is 1050 g/mol. The number of para-hydroxylation sites is 2. The zero-order chi connectivity index (χ0) is 36.6. The number of aromatic amines is 1. The van der Waals surface area contributed by atoms with E-state index >= 15 is 0 Å². The maximum atomic E-state index is 11.1. The summed E-state index contributed by atoms with van der Waals surface area (Å²) in [6, 6.07) is 26.6. The van der Waals surface area contributed by atoms with Crippen molar-refractivity contribution >= 4 is 135 Å². The Kier molecular flexibility index (Phi) is 18.7. The van der Waals surface area contributed by atoms with Crippen LogP contribution in [0.4, 0.5) is 5.69 Å². The summed E-state index contributed by atoms with van der Waals surface area (Å²) in [4.78, 5) is 17.9. The highest BCUT2D eigenvalue weighted by Crippen LogP contribution is 2.39. The van der Waals surface area contributed by atoms with Gasteiger partial charge >= 0.3 is 8.60 Å². The molecule has 0 aliphatic carbocycles. The van der Waals surface area contributed by atoms with Crippen molar-refractivity contribution < 1.29 is 27.3 Å². The second-order valence-electron chi connectivity index (χ2n) is 9.66. The molecule has 0 saturated heterocycles. The third kappa shape index (κ3) is 11.0. The highest BCUT2D eigenvalue weighted by molar-refractivity contribution is 14.1. The van der Waals surface area contributed by atoms with Crippen LogP contribution in [0.1, 0.15) is 20.8 Å². The van der Waals surface area contributed by atoms with Crippen LogP contribution >= 0.6 is 85.6 Å². The Balaban J connectivity index is 0.000000202. The van der Waals surface area contributed by atoms with E-state index < -0.39 is 8.60 Å². The summed E-state index contributed by atoms with van der Waals surface area (Å²) in [6.07, 6.45) is 1.56. The van der Waals surface area contributed by atoms with Crippen molar-refractivity contribution in [2.24, 2.45) is 0 Å². The number of aromatic nitrogens is 1. The smallest absolute Gasteiger partial charge is 0.332 e. The molecular formula is C36H37Br2I2N2O7P. The highest BCUT2D eigenvalue weighted by atomic mass is 127. The van der Waals surface area contributed by atoms with Crippen LogP contribution in [0.2, 0.25) is 0 Å². The van der Waals surface area contributed by atoms with Crippen molar-refractivity contribution in [3.05, 3.63) is 110 Å². The lowest BCUT2D eigenvalue weighted by Gasteiger charge is -2.12. The lowest BCUT2D eigenvalue weighted by molar-refractivity contribution is -0.384. The van der Waals surface area contributed by atoms with Crippen molar-refractivity contribution in [3.63, 3.8) is 0 Å². The number of nitro groups is 1. The summed E-state index contributed by atoms with van der Waals surface area (Å²) in [5, 5.41) is 15.5. The van der Waals surface area contributed by atoms with E-state index in [1.807, 2.05) is 73.1 Å². The number of halogens is 4. The number of alkyl halides is 2. The molecule has 0 radical (unpaired) electrons. The van der Waals surface area contributed by atoms with E-state index in [0.717, 1.165) is 42.1 Å². The molecule has 7 aromatic rings. The van der Waals surface area contributed by atoms with E-state index in [9.17, 15) is 10.1 Å². The van der Waals surface area contributed by atoms with Gasteiger partial charge in [-0.3, -0.25) is 10.1 Å². The van der Waals surface area contributed by atoms with Crippen molar-refractivity contribution in [2.75, 3.05) is 29.7 Å². The van der Waals surface area contributed by atoms with Gasteiger partial charge in [-0.25, -0.2) is 0 Å². The molecule has 7 rings (SSSR count). The minimum absolute atomic E-state index is 0.0770. The summed E-state index contributed by atoms with van der Waals surface area (Å²) < 4.78 is 28.7. The molecule has 3 heterocycles. The largest absolute Gasteiger partial charge is 0.464 e. The van der Waals surface area contributed by atoms with Crippen molar-refractivity contribution in [2.45, 2.75) is 20.8 Å². The van der Waals surface area contributed by atoms with Gasteiger partial charge in [-0.2, -0.15) is 0 Å². The number of furan rings is 2. The molecule has 1 N–H and O–H groups in total. The Morgan fingerprint density at radius 2 is 1.30 bits per heavy atom. The molecule has 9 nitrogen and oxygen atoms in total. The van der Waals surface area contributed by atoms with Gasteiger partial charge in [0.15, 0.2) is 0 Å². The van der Waals surface area contributed by atoms with Gasteiger partial charge in [0.1, 0.15) is 11.2 Å². The molecule has 0 unspecified atom stereocenters. The number of hydrogen-bond donors (Lipinski definition) is 1. The van der Waals surface area contributed by atoms with Crippen molar-refractivity contribution in [3.8, 4) is 11.1 Å². The second kappa shape index (κ2) is 22.1. The van der Waals surface area contributed by atoms with Crippen molar-refractivity contribution in [1.82, 2.24) is 4.98 Å². The van der Waals surface area contributed by atoms with E-state index in [0.29, 0.717) is 31.0 Å². The Morgan fingerprint density at radius 3 is 1.92 bits per heavy atom. The van der Waals surface area contributed by atoms with Crippen molar-refractivity contribution in [1.29, 1.82) is 0 Å². The third-order valence-electron chi connectivity index (χ3n) is 6.73. The number of nitrogens with one attached hydrogen (secondary N) is 1. The zero-order valence-electron chi connectivity index (χ0n) is 28.0. The Morgan fingerprint density at radius 1 is 0.740 bits per heavy atom. The molecule has 3 aromatic heterocycles. The molecule has 0 spiro atoms. The molecule has 0 amide bonds. The highest BCUT2D eigenvalue weighted by Gasteiger charge is 2.18. The summed E-state index contributed by atoms with van der Waals surface area (Å²) in [5.74, 6) is 0. The zero-order valence-corrected chi connectivity index (χ0v) is 36.4. The fraction of sp³-hybridized carbons (Fsp3) is 0.222. The molecular weight excluding hydrogens is 1020 g/mol. The molecule has 14 heteroatoms. The number of hydrogen-bond acceptors (Lipinski definition) is 7. The van der Waals surface area contributed by atoms with Crippen LogP contribution < -0.4 is 0 Å². The van der Waals surface area contributed by atoms with Gasteiger partial charge in [0.25, 0.3) is 5.69 Å². The third-order valence-corrected chi connectivity index (χ3v) is 9.12. The summed E-state index contributed by atoms with van der Waals surface area (Å²) in [5.41, 5.74) is 4.94. The summed E-state index contributed by atoms with van der Waals surface area (Å²) >= 11 is 11.1. The topological polar surface area (TPSA) is 113 Å². The Labute approximate surface area is 336 Å². The van der Waals surface area contributed by atoms with Crippen LogP contribution in [0.3, 0.4) is 0 Å². The molecule has 0 aliphatic rings. The van der Waals surface area contributed by atoms with E-state index in [1.54, 1.807) is 24.5 Å². The maximum absolute atomic E-state index is 11.1. The van der Waals surface area contributed by atoms with Gasteiger partial charge in [-0.1, -0.05) is 107 Å². The minimum atomic E-state index is -1.06. The fourth-order valence-electron chi connectivity index (χ4n) is 4.86. The van der Waals surface area contributed by atoms with Gasteiger partial charge < -0.3 is 27.4 Å². The second-order valence-corrected chi connectivity index (χ2v) is 12.7. The standard InChI is InChI=1S/C14H8BrNO3.C14H8BrNO.C6H15O3P.2CH3I/c15-9-5-6-11-12(8-19-14(11)7-9)10-3-1-2-4-13(10)16(17)18;15-8-5-6-10-12(7-8)17-14-13(10)9-3-1-2-4-11(9)16-14;1-4-7-10(8-5-2)9-6-3;2*1-2/h1-8H;1-7,16H;4-6H2,1-3H3;2*1H3. The first kappa shape index (κ1) is 42.3. The normalized spacial score (nSPS) is 10.5. The molecule has 0 atom stereocenters. The monoisotopic (exact) mass is 1050 g/mol. The van der Waals surface area contributed by atoms with E-state index in [-0.39, 0.29) is 10.6 Å². The van der Waals surface area contributed by atoms with E-state index in [2.05, 4.69) is 100 Å². The molecule has 50 heavy (non-hydrogen) atoms. The number of nitrogens with zero attached hydrogens (tertiary/aromatic N) is 1. The summed E-state index contributed by atoms with van der Waals surface area (Å²) in [6.45, 7) is 7.71. The molecule has 4 aromatic carbocycles. The maximum Gasteiger partial charge on any atom is 0.332 e. The predicted octanol–water partition coefficient (Wildman–Crippen LogP) is 14.0. The predicted molar refractivity (Wildman–Crippen MR) is 231 cm³/mol. The lowest BCUT2D eigenvalue weighted by atomic mass is 10.0. The summed E-state index contributed by atoms with van der Waals surface area (Å²) in [7, 11) is -1.06. The number of H-pyrrole nitrogens is 1. The van der Waals surface area contributed by atoms with E-state index in [4.69, 9.17) is 22.4 Å². The lowest BCUT2D eigenvalue weighted by Crippen LogP contribution is -1.94. The van der Waals surface area contributed by atoms with Gasteiger partial charge in [-0.05, 0) is 79.2 Å². The molecule has 266 valence electrons. The molecule has 0 fully saturated rings. The molecule has 0 bridgehead atoms. The number of rotatable bonds is 8. The van der Waals surface area contributed by atoms with Gasteiger partial charge in [0, 0.05) is 42.3 Å². The SMILES string of the molecule is Brc1ccc2c(c1)oc1[nH]c3ccccc3c12.CCOP(OCC)OCC.CI.CI.O=[N+]([O-])c1ccccc1-c1coc2cc(Br)ccc12. The van der Waals surface area contributed by atoms with Crippen LogP contribution in [-0.2, 0) is 13.6 Å². The first-order valence-corrected chi connectivity index (χ1v) is 22.3. The van der Waals surface area contributed by atoms with Crippen LogP contribution in [0.15, 0.2) is 109 Å². The molecule has 0 aliphatic heterocycles. The van der Waals surface area contributed by atoms with Crippen LogP contribution in [0.25, 0.3) is 55.1 Å². The first-order valence-electron chi connectivity index (χ1n) is 15.3. The van der Waals surface area contributed by atoms with E-state index in [1.165, 1.54) is 16.8 Å². The Hall–Kier alpha value is -2.11. The Bertz CT molecular complexity index is 2090. The number of fused-ring (bicyclic) bond motifs is 6. The number of nitro benzene ring substituents is 1. The van der Waals surface area contributed by atoms with Gasteiger partial charge in [0.05, 0.1) is 42.0 Å². The minimum Gasteiger partial charge on any atom is -0.464 e. The van der Waals surface area contributed by atoms with Crippen LogP contribution in [-0.4, -0.2) is 39.6 Å². The van der Waals surface area contributed by atoms with Gasteiger partial charge in [-0.15, -0.1) is 0 Å². The number of benzene rings is 4.